The lowest BCUT2D eigenvalue weighted by Gasteiger charge is -2.25. The van der Waals surface area contributed by atoms with E-state index >= 15 is 0 Å². The summed E-state index contributed by atoms with van der Waals surface area (Å²) < 4.78 is 0. The third-order valence-electron chi connectivity index (χ3n) is 4.10. The van der Waals surface area contributed by atoms with Crippen LogP contribution in [0.1, 0.15) is 34.1 Å². The van der Waals surface area contributed by atoms with E-state index in [0.717, 1.165) is 24.2 Å². The van der Waals surface area contributed by atoms with Gasteiger partial charge < -0.3 is 5.32 Å². The molecule has 3 nitrogen and oxygen atoms in total. The van der Waals surface area contributed by atoms with Crippen molar-refractivity contribution in [3.8, 4) is 0 Å². The van der Waals surface area contributed by atoms with Crippen LogP contribution in [-0.4, -0.2) is 22.7 Å². The van der Waals surface area contributed by atoms with Gasteiger partial charge in [0.05, 0.1) is 0 Å². The van der Waals surface area contributed by atoms with Crippen molar-refractivity contribution in [3.05, 3.63) is 65.0 Å². The maximum Gasteiger partial charge on any atom is 0.270 e. The van der Waals surface area contributed by atoms with E-state index in [4.69, 9.17) is 0 Å². The lowest BCUT2D eigenvalue weighted by Crippen LogP contribution is -2.47. The van der Waals surface area contributed by atoms with Crippen LogP contribution in [0, 0.1) is 0 Å². The van der Waals surface area contributed by atoms with E-state index in [9.17, 15) is 4.79 Å². The van der Waals surface area contributed by atoms with Crippen LogP contribution in [0.2, 0.25) is 0 Å². The van der Waals surface area contributed by atoms with Crippen molar-refractivity contribution in [2.75, 3.05) is 6.26 Å². The lowest BCUT2D eigenvalue weighted by molar-refractivity contribution is 0.0903. The van der Waals surface area contributed by atoms with E-state index in [1.54, 1.807) is 18.0 Å². The van der Waals surface area contributed by atoms with E-state index in [-0.39, 0.29) is 11.4 Å². The number of rotatable bonds is 4. The van der Waals surface area contributed by atoms with Crippen molar-refractivity contribution in [1.29, 1.82) is 0 Å². The number of pyridine rings is 1. The number of hydrogen-bond donors (Lipinski definition) is 1. The van der Waals surface area contributed by atoms with Gasteiger partial charge in [0, 0.05) is 17.5 Å². The molecule has 22 heavy (non-hydrogen) atoms. The SMILES string of the molecule is CSCc1cccnc1C(=O)NC1(C)Cc2ccccc2C1. The first-order chi connectivity index (χ1) is 10.6. The molecule has 0 bridgehead atoms. The van der Waals surface area contributed by atoms with Crippen LogP contribution < -0.4 is 5.32 Å². The van der Waals surface area contributed by atoms with Gasteiger partial charge in [-0.3, -0.25) is 9.78 Å². The molecular weight excluding hydrogens is 292 g/mol. The molecule has 3 rings (SSSR count). The summed E-state index contributed by atoms with van der Waals surface area (Å²) in [5.41, 5.74) is 3.97. The van der Waals surface area contributed by atoms with Crippen molar-refractivity contribution in [2.45, 2.75) is 31.1 Å². The number of carbonyl (C=O) groups is 1. The fourth-order valence-corrected chi connectivity index (χ4v) is 3.69. The van der Waals surface area contributed by atoms with Crippen LogP contribution >= 0.6 is 11.8 Å². The van der Waals surface area contributed by atoms with Gasteiger partial charge in [0.1, 0.15) is 5.69 Å². The molecule has 1 aliphatic rings. The molecule has 1 heterocycles. The van der Waals surface area contributed by atoms with Crippen molar-refractivity contribution < 1.29 is 4.79 Å². The molecule has 0 saturated heterocycles. The monoisotopic (exact) mass is 312 g/mol. The molecular formula is C18H20N2OS. The minimum absolute atomic E-state index is 0.0695. The van der Waals surface area contributed by atoms with E-state index in [2.05, 4.69) is 41.5 Å². The highest BCUT2D eigenvalue weighted by Gasteiger charge is 2.34. The van der Waals surface area contributed by atoms with Gasteiger partial charge in [-0.25, -0.2) is 0 Å². The minimum Gasteiger partial charge on any atom is -0.345 e. The highest BCUT2D eigenvalue weighted by Crippen LogP contribution is 2.30. The molecule has 1 amide bonds. The zero-order chi connectivity index (χ0) is 15.6. The molecule has 0 atom stereocenters. The Labute approximate surface area is 135 Å². The first-order valence-corrected chi connectivity index (χ1v) is 8.83. The molecule has 1 aliphatic carbocycles. The van der Waals surface area contributed by atoms with Gasteiger partial charge in [-0.05, 0) is 48.8 Å². The summed E-state index contributed by atoms with van der Waals surface area (Å²) in [6.07, 6.45) is 5.47. The highest BCUT2D eigenvalue weighted by molar-refractivity contribution is 7.97. The summed E-state index contributed by atoms with van der Waals surface area (Å²) in [4.78, 5) is 17.0. The number of thioether (sulfide) groups is 1. The predicted octanol–water partition coefficient (Wildman–Crippen LogP) is 3.23. The highest BCUT2D eigenvalue weighted by atomic mass is 32.2. The van der Waals surface area contributed by atoms with Crippen LogP contribution in [0.5, 0.6) is 0 Å². The number of hydrogen-bond acceptors (Lipinski definition) is 3. The fraction of sp³-hybridized carbons (Fsp3) is 0.333. The van der Waals surface area contributed by atoms with E-state index in [1.807, 2.05) is 18.4 Å². The van der Waals surface area contributed by atoms with Crippen LogP contribution in [0.4, 0.5) is 0 Å². The number of benzene rings is 1. The van der Waals surface area contributed by atoms with Crippen molar-refractivity contribution >= 4 is 17.7 Å². The van der Waals surface area contributed by atoms with Gasteiger partial charge in [-0.1, -0.05) is 30.3 Å². The number of fused-ring (bicyclic) bond motifs is 1. The molecule has 1 aromatic heterocycles. The number of carbonyl (C=O) groups excluding carboxylic acids is 1. The molecule has 4 heteroatoms. The van der Waals surface area contributed by atoms with Gasteiger partial charge in [-0.2, -0.15) is 11.8 Å². The number of amides is 1. The second kappa shape index (κ2) is 6.13. The van der Waals surface area contributed by atoms with Gasteiger partial charge in [0.15, 0.2) is 0 Å². The number of nitrogens with one attached hydrogen (secondary N) is 1. The van der Waals surface area contributed by atoms with Crippen LogP contribution in [0.25, 0.3) is 0 Å². The van der Waals surface area contributed by atoms with Crippen molar-refractivity contribution in [2.24, 2.45) is 0 Å². The third kappa shape index (κ3) is 3.02. The van der Waals surface area contributed by atoms with Crippen molar-refractivity contribution in [3.63, 3.8) is 0 Å². The number of aromatic nitrogens is 1. The predicted molar refractivity (Wildman–Crippen MR) is 91.2 cm³/mol. The second-order valence-corrected chi connectivity index (χ2v) is 6.95. The van der Waals surface area contributed by atoms with Crippen LogP contribution in [0.15, 0.2) is 42.6 Å². The Morgan fingerprint density at radius 2 is 1.91 bits per heavy atom. The lowest BCUT2D eigenvalue weighted by atomic mass is 9.98. The zero-order valence-corrected chi connectivity index (χ0v) is 13.7. The molecule has 0 aliphatic heterocycles. The summed E-state index contributed by atoms with van der Waals surface area (Å²) >= 11 is 1.70. The Morgan fingerprint density at radius 3 is 2.55 bits per heavy atom. The Morgan fingerprint density at radius 1 is 1.23 bits per heavy atom. The topological polar surface area (TPSA) is 42.0 Å². The van der Waals surface area contributed by atoms with E-state index < -0.39 is 0 Å². The molecule has 0 spiro atoms. The maximum absolute atomic E-state index is 12.7. The second-order valence-electron chi connectivity index (χ2n) is 6.08. The molecule has 1 aromatic carbocycles. The molecule has 114 valence electrons. The summed E-state index contributed by atoms with van der Waals surface area (Å²) in [7, 11) is 0. The van der Waals surface area contributed by atoms with Gasteiger partial charge in [-0.15, -0.1) is 0 Å². The molecule has 2 aromatic rings. The van der Waals surface area contributed by atoms with Gasteiger partial charge in [0.25, 0.3) is 5.91 Å². The quantitative estimate of drug-likeness (QED) is 0.942. The molecule has 1 N–H and O–H groups in total. The Bertz CT molecular complexity index is 674. The smallest absolute Gasteiger partial charge is 0.270 e. The van der Waals surface area contributed by atoms with Crippen molar-refractivity contribution in [1.82, 2.24) is 10.3 Å². The molecule has 0 unspecified atom stereocenters. The molecule has 0 radical (unpaired) electrons. The normalized spacial score (nSPS) is 15.4. The fourth-order valence-electron chi connectivity index (χ4n) is 3.14. The van der Waals surface area contributed by atoms with Crippen LogP contribution in [-0.2, 0) is 18.6 Å². The summed E-state index contributed by atoms with van der Waals surface area (Å²) in [5, 5.41) is 3.21. The average molecular weight is 312 g/mol. The van der Waals surface area contributed by atoms with Gasteiger partial charge in [0.2, 0.25) is 0 Å². The Balaban J connectivity index is 1.78. The minimum atomic E-state index is -0.227. The van der Waals surface area contributed by atoms with Gasteiger partial charge >= 0.3 is 0 Å². The Kier molecular flexibility index (Phi) is 4.21. The zero-order valence-electron chi connectivity index (χ0n) is 12.9. The van der Waals surface area contributed by atoms with E-state index in [1.165, 1.54) is 11.1 Å². The third-order valence-corrected chi connectivity index (χ3v) is 4.70. The summed E-state index contributed by atoms with van der Waals surface area (Å²) in [6.45, 7) is 2.11. The molecule has 0 saturated carbocycles. The largest absolute Gasteiger partial charge is 0.345 e. The standard InChI is InChI=1S/C18H20N2OS/c1-18(10-13-6-3-4-7-14(13)11-18)20-17(21)16-15(12-22-2)8-5-9-19-16/h3-9H,10-12H2,1-2H3,(H,20,21). The average Bonchev–Trinajstić information content (AvgIpc) is 2.83. The maximum atomic E-state index is 12.7. The van der Waals surface area contributed by atoms with E-state index in [0.29, 0.717) is 5.69 Å². The number of nitrogens with zero attached hydrogens (tertiary/aromatic N) is 1. The first kappa shape index (κ1) is 15.1. The van der Waals surface area contributed by atoms with Crippen LogP contribution in [0.3, 0.4) is 0 Å². The summed E-state index contributed by atoms with van der Waals surface area (Å²) in [5.74, 6) is 0.730. The Hall–Kier alpha value is -1.81. The summed E-state index contributed by atoms with van der Waals surface area (Å²) in [6, 6.07) is 12.3. The molecule has 0 fully saturated rings. The first-order valence-electron chi connectivity index (χ1n) is 7.43.